The number of carbonyl (C=O) groups excluding carboxylic acids is 1. The molecule has 0 bridgehead atoms. The SMILES string of the molecule is Cc1noc(CCC(=O)Nc2cc(F)ccc2C(=O)O)n1. The Hall–Kier alpha value is -2.77. The summed E-state index contributed by atoms with van der Waals surface area (Å²) in [6.07, 6.45) is 0.224. The van der Waals surface area contributed by atoms with Gasteiger partial charge in [-0.05, 0) is 25.1 Å². The molecule has 21 heavy (non-hydrogen) atoms. The van der Waals surface area contributed by atoms with Crippen molar-refractivity contribution < 1.29 is 23.6 Å². The molecule has 2 aromatic rings. The van der Waals surface area contributed by atoms with Crippen molar-refractivity contribution in [3.05, 3.63) is 41.3 Å². The number of rotatable bonds is 5. The van der Waals surface area contributed by atoms with Gasteiger partial charge in [0.05, 0.1) is 11.3 Å². The lowest BCUT2D eigenvalue weighted by Gasteiger charge is -2.08. The number of carbonyl (C=O) groups is 2. The van der Waals surface area contributed by atoms with E-state index in [1.165, 1.54) is 0 Å². The molecule has 0 saturated carbocycles. The average molecular weight is 293 g/mol. The number of aromatic nitrogens is 2. The molecular formula is C13H12FN3O4. The molecule has 1 aromatic carbocycles. The maximum absolute atomic E-state index is 13.1. The summed E-state index contributed by atoms with van der Waals surface area (Å²) in [6, 6.07) is 3.06. The van der Waals surface area contributed by atoms with Gasteiger partial charge in [-0.15, -0.1) is 0 Å². The summed E-state index contributed by atoms with van der Waals surface area (Å²) in [4.78, 5) is 26.7. The van der Waals surface area contributed by atoms with Gasteiger partial charge >= 0.3 is 5.97 Å². The van der Waals surface area contributed by atoms with Crippen LogP contribution in [0.25, 0.3) is 0 Å². The van der Waals surface area contributed by atoms with Crippen molar-refractivity contribution in [2.24, 2.45) is 0 Å². The highest BCUT2D eigenvalue weighted by Gasteiger charge is 2.14. The van der Waals surface area contributed by atoms with Crippen molar-refractivity contribution in [1.82, 2.24) is 10.1 Å². The van der Waals surface area contributed by atoms with E-state index in [9.17, 15) is 14.0 Å². The third-order valence-corrected chi connectivity index (χ3v) is 2.62. The lowest BCUT2D eigenvalue weighted by atomic mass is 10.1. The van der Waals surface area contributed by atoms with E-state index in [-0.39, 0.29) is 24.1 Å². The van der Waals surface area contributed by atoms with Gasteiger partial charge in [0.1, 0.15) is 5.82 Å². The van der Waals surface area contributed by atoms with E-state index in [0.717, 1.165) is 18.2 Å². The van der Waals surface area contributed by atoms with Gasteiger partial charge in [-0.25, -0.2) is 9.18 Å². The number of aryl methyl sites for hydroxylation is 2. The van der Waals surface area contributed by atoms with Gasteiger partial charge < -0.3 is 14.9 Å². The van der Waals surface area contributed by atoms with E-state index in [0.29, 0.717) is 11.7 Å². The molecule has 0 radical (unpaired) electrons. The highest BCUT2D eigenvalue weighted by atomic mass is 19.1. The Balaban J connectivity index is 2.02. The number of carboxylic acids is 1. The van der Waals surface area contributed by atoms with Crippen LogP contribution in [0.1, 0.15) is 28.5 Å². The average Bonchev–Trinajstić information content (AvgIpc) is 2.82. The molecule has 1 amide bonds. The number of anilines is 1. The molecule has 110 valence electrons. The number of aromatic carboxylic acids is 1. The third kappa shape index (κ3) is 3.85. The first kappa shape index (κ1) is 14.6. The lowest BCUT2D eigenvalue weighted by molar-refractivity contribution is -0.116. The Kier molecular flexibility index (Phi) is 4.27. The maximum Gasteiger partial charge on any atom is 0.337 e. The standard InChI is InChI=1S/C13H12FN3O4/c1-7-15-12(21-17-7)5-4-11(18)16-10-6-8(14)2-3-9(10)13(19)20/h2-3,6H,4-5H2,1H3,(H,16,18)(H,19,20). The largest absolute Gasteiger partial charge is 0.478 e. The molecule has 0 saturated heterocycles. The van der Waals surface area contributed by atoms with Gasteiger partial charge in [-0.1, -0.05) is 5.16 Å². The van der Waals surface area contributed by atoms with Crippen molar-refractivity contribution in [1.29, 1.82) is 0 Å². The smallest absolute Gasteiger partial charge is 0.337 e. The topological polar surface area (TPSA) is 105 Å². The zero-order chi connectivity index (χ0) is 15.4. The summed E-state index contributed by atoms with van der Waals surface area (Å²) < 4.78 is 18.0. The van der Waals surface area contributed by atoms with Crippen molar-refractivity contribution >= 4 is 17.6 Å². The van der Waals surface area contributed by atoms with Crippen LogP contribution in [0, 0.1) is 12.7 Å². The fraction of sp³-hybridized carbons (Fsp3) is 0.231. The van der Waals surface area contributed by atoms with E-state index >= 15 is 0 Å². The Morgan fingerprint density at radius 1 is 1.43 bits per heavy atom. The second-order valence-electron chi connectivity index (χ2n) is 4.28. The van der Waals surface area contributed by atoms with Gasteiger partial charge in [0.25, 0.3) is 0 Å². The Labute approximate surface area is 118 Å². The number of hydrogen-bond acceptors (Lipinski definition) is 5. The summed E-state index contributed by atoms with van der Waals surface area (Å²) >= 11 is 0. The first-order valence-electron chi connectivity index (χ1n) is 6.07. The molecule has 0 fully saturated rings. The Morgan fingerprint density at radius 3 is 2.81 bits per heavy atom. The fourth-order valence-corrected chi connectivity index (χ4v) is 1.68. The molecule has 0 spiro atoms. The highest BCUT2D eigenvalue weighted by molar-refractivity contribution is 6.00. The number of carboxylic acid groups (broad SMARTS) is 1. The van der Waals surface area contributed by atoms with Gasteiger partial charge in [0.15, 0.2) is 5.82 Å². The number of nitrogens with zero attached hydrogens (tertiary/aromatic N) is 2. The monoisotopic (exact) mass is 293 g/mol. The minimum Gasteiger partial charge on any atom is -0.478 e. The normalized spacial score (nSPS) is 10.4. The van der Waals surface area contributed by atoms with Gasteiger partial charge in [-0.3, -0.25) is 4.79 Å². The van der Waals surface area contributed by atoms with Crippen LogP contribution in [0.2, 0.25) is 0 Å². The minimum absolute atomic E-state index is 0.0111. The van der Waals surface area contributed by atoms with Crippen LogP contribution in [0.15, 0.2) is 22.7 Å². The van der Waals surface area contributed by atoms with Gasteiger partial charge in [0.2, 0.25) is 11.8 Å². The van der Waals surface area contributed by atoms with E-state index < -0.39 is 17.7 Å². The minimum atomic E-state index is -1.25. The maximum atomic E-state index is 13.1. The first-order chi connectivity index (χ1) is 9.95. The molecular weight excluding hydrogens is 281 g/mol. The van der Waals surface area contributed by atoms with Crippen molar-refractivity contribution in [3.8, 4) is 0 Å². The second-order valence-corrected chi connectivity index (χ2v) is 4.28. The molecule has 0 atom stereocenters. The number of amides is 1. The molecule has 0 aliphatic rings. The number of benzene rings is 1. The van der Waals surface area contributed by atoms with E-state index in [2.05, 4.69) is 15.5 Å². The second kappa shape index (κ2) is 6.12. The van der Waals surface area contributed by atoms with Crippen LogP contribution in [-0.2, 0) is 11.2 Å². The number of nitrogens with one attached hydrogen (secondary N) is 1. The van der Waals surface area contributed by atoms with Crippen LogP contribution >= 0.6 is 0 Å². The van der Waals surface area contributed by atoms with E-state index in [4.69, 9.17) is 9.63 Å². The summed E-state index contributed by atoms with van der Waals surface area (Å²) in [6.45, 7) is 1.65. The zero-order valence-corrected chi connectivity index (χ0v) is 11.1. The van der Waals surface area contributed by atoms with Crippen LogP contribution in [0.3, 0.4) is 0 Å². The van der Waals surface area contributed by atoms with E-state index in [1.54, 1.807) is 6.92 Å². The molecule has 7 nitrogen and oxygen atoms in total. The van der Waals surface area contributed by atoms with Gasteiger partial charge in [-0.2, -0.15) is 4.98 Å². The predicted octanol–water partition coefficient (Wildman–Crippen LogP) is 1.79. The Bertz CT molecular complexity index is 684. The quantitative estimate of drug-likeness (QED) is 0.870. The Morgan fingerprint density at radius 2 is 2.19 bits per heavy atom. The first-order valence-corrected chi connectivity index (χ1v) is 6.07. The fourth-order valence-electron chi connectivity index (χ4n) is 1.68. The van der Waals surface area contributed by atoms with Crippen LogP contribution in [0.5, 0.6) is 0 Å². The number of hydrogen-bond donors (Lipinski definition) is 2. The summed E-state index contributed by atoms with van der Waals surface area (Å²) in [5, 5.41) is 14.9. The summed E-state index contributed by atoms with van der Waals surface area (Å²) in [5.41, 5.74) is -0.271. The summed E-state index contributed by atoms with van der Waals surface area (Å²) in [5.74, 6) is -1.59. The zero-order valence-electron chi connectivity index (χ0n) is 11.1. The van der Waals surface area contributed by atoms with Gasteiger partial charge in [0, 0.05) is 12.8 Å². The molecule has 1 heterocycles. The third-order valence-electron chi connectivity index (χ3n) is 2.62. The molecule has 2 N–H and O–H groups in total. The molecule has 2 rings (SSSR count). The molecule has 8 heteroatoms. The summed E-state index contributed by atoms with van der Waals surface area (Å²) in [7, 11) is 0. The molecule has 0 aliphatic carbocycles. The van der Waals surface area contributed by atoms with Crippen LogP contribution in [0.4, 0.5) is 10.1 Å². The molecule has 0 aliphatic heterocycles. The van der Waals surface area contributed by atoms with Crippen LogP contribution < -0.4 is 5.32 Å². The predicted molar refractivity (Wildman–Crippen MR) is 69.3 cm³/mol. The molecule has 0 unspecified atom stereocenters. The molecule has 1 aromatic heterocycles. The van der Waals surface area contributed by atoms with E-state index in [1.807, 2.05) is 0 Å². The van der Waals surface area contributed by atoms with Crippen molar-refractivity contribution in [2.45, 2.75) is 19.8 Å². The van der Waals surface area contributed by atoms with Crippen LogP contribution in [-0.4, -0.2) is 27.1 Å². The number of halogens is 1. The highest BCUT2D eigenvalue weighted by Crippen LogP contribution is 2.17. The van der Waals surface area contributed by atoms with Crippen molar-refractivity contribution in [2.75, 3.05) is 5.32 Å². The van der Waals surface area contributed by atoms with Crippen molar-refractivity contribution in [3.63, 3.8) is 0 Å². The lowest BCUT2D eigenvalue weighted by Crippen LogP contribution is -2.15.